The number of nitrogens with one attached hydrogen (secondary N) is 1. The lowest BCUT2D eigenvalue weighted by Gasteiger charge is -2.25. The zero-order chi connectivity index (χ0) is 20.2. The lowest BCUT2D eigenvalue weighted by Crippen LogP contribution is -2.41. The Hall–Kier alpha value is -2.25. The molecule has 2 aromatic rings. The first-order valence-electron chi connectivity index (χ1n) is 8.29. The van der Waals surface area contributed by atoms with Crippen molar-refractivity contribution in [2.24, 2.45) is 0 Å². The summed E-state index contributed by atoms with van der Waals surface area (Å²) in [7, 11) is -2.31. The van der Waals surface area contributed by atoms with E-state index in [1.807, 2.05) is 38.1 Å². The van der Waals surface area contributed by atoms with Gasteiger partial charge in [-0.3, -0.25) is 9.10 Å². The number of carbonyl (C=O) groups excluding carboxylic acids is 1. The Labute approximate surface area is 165 Å². The number of methoxy groups -OCH3 is 1. The summed E-state index contributed by atoms with van der Waals surface area (Å²) in [6, 6.07) is 12.1. The second kappa shape index (κ2) is 8.63. The molecule has 0 saturated heterocycles. The third-order valence-corrected chi connectivity index (χ3v) is 5.41. The fourth-order valence-corrected chi connectivity index (χ4v) is 3.61. The number of anilines is 1. The minimum atomic E-state index is -3.73. The number of sulfonamides is 1. The van der Waals surface area contributed by atoms with Crippen LogP contribution in [0.5, 0.6) is 5.75 Å². The van der Waals surface area contributed by atoms with E-state index in [1.165, 1.54) is 13.2 Å². The summed E-state index contributed by atoms with van der Waals surface area (Å²) >= 11 is 6.00. The van der Waals surface area contributed by atoms with Crippen molar-refractivity contribution in [2.45, 2.75) is 19.9 Å². The van der Waals surface area contributed by atoms with Crippen LogP contribution >= 0.6 is 11.6 Å². The van der Waals surface area contributed by atoms with Gasteiger partial charge in [-0.2, -0.15) is 0 Å². The molecule has 27 heavy (non-hydrogen) atoms. The van der Waals surface area contributed by atoms with Crippen LogP contribution < -0.4 is 14.4 Å². The van der Waals surface area contributed by atoms with E-state index in [2.05, 4.69) is 5.32 Å². The fourth-order valence-electron chi connectivity index (χ4n) is 2.60. The van der Waals surface area contributed by atoms with Gasteiger partial charge in [0.25, 0.3) is 0 Å². The van der Waals surface area contributed by atoms with Gasteiger partial charge in [-0.25, -0.2) is 8.42 Å². The summed E-state index contributed by atoms with van der Waals surface area (Å²) in [6.45, 7) is 3.44. The maximum Gasteiger partial charge on any atom is 0.241 e. The van der Waals surface area contributed by atoms with Crippen LogP contribution in [0.15, 0.2) is 42.5 Å². The first-order chi connectivity index (χ1) is 12.6. The van der Waals surface area contributed by atoms with Crippen LogP contribution in [0.4, 0.5) is 5.69 Å². The first kappa shape index (κ1) is 21.1. The number of hydrogen-bond acceptors (Lipinski definition) is 4. The summed E-state index contributed by atoms with van der Waals surface area (Å²) in [4.78, 5) is 12.5. The van der Waals surface area contributed by atoms with E-state index in [0.717, 1.165) is 21.7 Å². The summed E-state index contributed by atoms with van der Waals surface area (Å²) in [5.74, 6) is -0.125. The van der Waals surface area contributed by atoms with Gasteiger partial charge in [-0.15, -0.1) is 0 Å². The van der Waals surface area contributed by atoms with Crippen molar-refractivity contribution >= 4 is 33.2 Å². The molecule has 6 nitrogen and oxygen atoms in total. The Bertz CT molecular complexity index is 914. The maximum absolute atomic E-state index is 12.5. The highest BCUT2D eigenvalue weighted by Gasteiger charge is 2.25. The topological polar surface area (TPSA) is 75.7 Å². The monoisotopic (exact) mass is 410 g/mol. The molecular weight excluding hydrogens is 388 g/mol. The minimum Gasteiger partial charge on any atom is -0.495 e. The second-order valence-electron chi connectivity index (χ2n) is 6.29. The number of ether oxygens (including phenoxy) is 1. The molecule has 0 spiro atoms. The second-order valence-corrected chi connectivity index (χ2v) is 8.63. The van der Waals surface area contributed by atoms with Crippen LogP contribution in [0.1, 0.15) is 24.1 Å². The van der Waals surface area contributed by atoms with Gasteiger partial charge in [0.05, 0.1) is 25.1 Å². The number of carbonyl (C=O) groups is 1. The zero-order valence-electron chi connectivity index (χ0n) is 15.7. The zero-order valence-corrected chi connectivity index (χ0v) is 17.3. The van der Waals surface area contributed by atoms with Gasteiger partial charge in [0.2, 0.25) is 15.9 Å². The number of aryl methyl sites for hydroxylation is 1. The van der Waals surface area contributed by atoms with Crippen LogP contribution in [0.25, 0.3) is 0 Å². The van der Waals surface area contributed by atoms with E-state index >= 15 is 0 Å². The predicted octanol–water partition coefficient (Wildman–Crippen LogP) is 3.30. The molecule has 8 heteroatoms. The van der Waals surface area contributed by atoms with Gasteiger partial charge in [-0.05, 0) is 37.6 Å². The van der Waals surface area contributed by atoms with Crippen LogP contribution in [-0.2, 0) is 14.8 Å². The van der Waals surface area contributed by atoms with E-state index in [4.69, 9.17) is 16.3 Å². The van der Waals surface area contributed by atoms with E-state index in [-0.39, 0.29) is 18.3 Å². The Morgan fingerprint density at radius 2 is 1.85 bits per heavy atom. The molecule has 0 aliphatic carbocycles. The molecular formula is C19H23ClN2O4S. The van der Waals surface area contributed by atoms with Crippen molar-refractivity contribution in [2.75, 3.05) is 24.2 Å². The van der Waals surface area contributed by atoms with Crippen LogP contribution in [0, 0.1) is 6.92 Å². The lowest BCUT2D eigenvalue weighted by molar-refractivity contribution is -0.120. The summed E-state index contributed by atoms with van der Waals surface area (Å²) in [5, 5.41) is 3.16. The van der Waals surface area contributed by atoms with Crippen molar-refractivity contribution < 1.29 is 17.9 Å². The van der Waals surface area contributed by atoms with Crippen LogP contribution in [0.3, 0.4) is 0 Å². The van der Waals surface area contributed by atoms with Gasteiger partial charge >= 0.3 is 0 Å². The minimum absolute atomic E-state index is 0.214. The molecule has 2 rings (SSSR count). The first-order valence-corrected chi connectivity index (χ1v) is 10.5. The summed E-state index contributed by atoms with van der Waals surface area (Å²) in [5.41, 5.74) is 2.26. The molecule has 0 fully saturated rings. The van der Waals surface area contributed by atoms with Gasteiger partial charge in [0, 0.05) is 5.02 Å². The van der Waals surface area contributed by atoms with E-state index in [1.54, 1.807) is 12.1 Å². The Morgan fingerprint density at radius 3 is 2.41 bits per heavy atom. The smallest absolute Gasteiger partial charge is 0.241 e. The van der Waals surface area contributed by atoms with Gasteiger partial charge in [0.15, 0.2) is 0 Å². The van der Waals surface area contributed by atoms with Crippen molar-refractivity contribution in [3.63, 3.8) is 0 Å². The van der Waals surface area contributed by atoms with Gasteiger partial charge < -0.3 is 10.1 Å². The Morgan fingerprint density at radius 1 is 1.22 bits per heavy atom. The standard InChI is InChI=1S/C19H23ClN2O4S/c1-13-5-7-15(8-6-13)14(2)21-19(23)12-22(27(4,24)25)17-11-16(20)9-10-18(17)26-3/h5-11,14H,12H2,1-4H3,(H,21,23). The molecule has 1 unspecified atom stereocenters. The highest BCUT2D eigenvalue weighted by Crippen LogP contribution is 2.32. The SMILES string of the molecule is COc1ccc(Cl)cc1N(CC(=O)NC(C)c1ccc(C)cc1)S(C)(=O)=O. The summed E-state index contributed by atoms with van der Waals surface area (Å²) < 4.78 is 30.8. The molecule has 0 aromatic heterocycles. The molecule has 0 bridgehead atoms. The molecule has 1 amide bonds. The lowest BCUT2D eigenvalue weighted by atomic mass is 10.1. The van der Waals surface area contributed by atoms with E-state index in [0.29, 0.717) is 10.8 Å². The largest absolute Gasteiger partial charge is 0.495 e. The number of halogens is 1. The average molecular weight is 411 g/mol. The molecule has 0 heterocycles. The molecule has 1 atom stereocenters. The number of benzene rings is 2. The number of rotatable bonds is 7. The molecule has 1 N–H and O–H groups in total. The van der Waals surface area contributed by atoms with Gasteiger partial charge in [-0.1, -0.05) is 41.4 Å². The third-order valence-electron chi connectivity index (χ3n) is 4.05. The Balaban J connectivity index is 2.23. The predicted molar refractivity (Wildman–Crippen MR) is 108 cm³/mol. The van der Waals surface area contributed by atoms with Crippen LogP contribution in [-0.4, -0.2) is 34.2 Å². The third kappa shape index (κ3) is 5.61. The van der Waals surface area contributed by atoms with E-state index < -0.39 is 15.9 Å². The quantitative estimate of drug-likeness (QED) is 0.759. The average Bonchev–Trinajstić information content (AvgIpc) is 2.59. The summed E-state index contributed by atoms with van der Waals surface area (Å²) in [6.07, 6.45) is 1.03. The van der Waals surface area contributed by atoms with Crippen molar-refractivity contribution in [3.8, 4) is 5.75 Å². The van der Waals surface area contributed by atoms with Crippen molar-refractivity contribution in [1.82, 2.24) is 5.32 Å². The van der Waals surface area contributed by atoms with Gasteiger partial charge in [0.1, 0.15) is 12.3 Å². The maximum atomic E-state index is 12.5. The molecule has 0 radical (unpaired) electrons. The number of nitrogens with zero attached hydrogens (tertiary/aromatic N) is 1. The number of hydrogen-bond donors (Lipinski definition) is 1. The normalized spacial score (nSPS) is 12.3. The highest BCUT2D eigenvalue weighted by atomic mass is 35.5. The molecule has 146 valence electrons. The molecule has 0 saturated carbocycles. The highest BCUT2D eigenvalue weighted by molar-refractivity contribution is 7.92. The van der Waals surface area contributed by atoms with E-state index in [9.17, 15) is 13.2 Å². The molecule has 2 aromatic carbocycles. The molecule has 0 aliphatic heterocycles. The molecule has 0 aliphatic rings. The van der Waals surface area contributed by atoms with Crippen molar-refractivity contribution in [3.05, 3.63) is 58.6 Å². The van der Waals surface area contributed by atoms with Crippen LogP contribution in [0.2, 0.25) is 5.02 Å². The Kier molecular flexibility index (Phi) is 6.73. The number of amides is 1. The van der Waals surface area contributed by atoms with Crippen molar-refractivity contribution in [1.29, 1.82) is 0 Å². The fraction of sp³-hybridized carbons (Fsp3) is 0.316.